The molecule has 1 aromatic heterocycles. The van der Waals surface area contributed by atoms with Crippen LogP contribution in [0.2, 0.25) is 0 Å². The Bertz CT molecular complexity index is 622. The van der Waals surface area contributed by atoms with E-state index in [-0.39, 0.29) is 17.9 Å². The Hall–Kier alpha value is -1.94. The van der Waals surface area contributed by atoms with Crippen LogP contribution < -0.4 is 11.1 Å². The molecule has 0 aliphatic heterocycles. The molecule has 0 aliphatic rings. The monoisotopic (exact) mass is 271 g/mol. The van der Waals surface area contributed by atoms with Crippen molar-refractivity contribution in [2.45, 2.75) is 33.2 Å². The topological polar surface area (TPSA) is 68.0 Å². The van der Waals surface area contributed by atoms with Crippen molar-refractivity contribution in [3.63, 3.8) is 0 Å². The summed E-state index contributed by atoms with van der Waals surface area (Å²) in [6, 6.07) is 9.61. The molecule has 2 rings (SSSR count). The number of nitrogens with zero attached hydrogens (tertiary/aromatic N) is 1. The van der Waals surface area contributed by atoms with Crippen molar-refractivity contribution in [3.8, 4) is 0 Å². The molecule has 0 fully saturated rings. The summed E-state index contributed by atoms with van der Waals surface area (Å²) in [7, 11) is 0. The normalized spacial score (nSPS) is 12.7. The summed E-state index contributed by atoms with van der Waals surface area (Å²) in [4.78, 5) is 16.5. The first-order chi connectivity index (χ1) is 9.47. The second-order valence-electron chi connectivity index (χ2n) is 5.49. The van der Waals surface area contributed by atoms with Crippen LogP contribution in [0.25, 0.3) is 10.9 Å². The zero-order chi connectivity index (χ0) is 14.7. The first-order valence-electron chi connectivity index (χ1n) is 6.89. The summed E-state index contributed by atoms with van der Waals surface area (Å²) in [5, 5.41) is 3.93. The summed E-state index contributed by atoms with van der Waals surface area (Å²) in [6.45, 7) is 5.97. The molecule has 1 atom stereocenters. The van der Waals surface area contributed by atoms with Gasteiger partial charge in [-0.25, -0.2) is 0 Å². The number of nitrogens with one attached hydrogen (secondary N) is 1. The first kappa shape index (κ1) is 14.5. The van der Waals surface area contributed by atoms with Crippen LogP contribution in [0.1, 0.15) is 26.0 Å². The standard InChI is InChI=1S/C16H21N3O/c1-10(2)13(17)9-15(20)19-14-6-4-5-12-8-7-11(3)18-16(12)14/h4-8,10,13H,9,17H2,1-3H3,(H,19,20). The van der Waals surface area contributed by atoms with E-state index in [0.29, 0.717) is 6.42 Å². The fraction of sp³-hybridized carbons (Fsp3) is 0.375. The van der Waals surface area contributed by atoms with Crippen molar-refractivity contribution in [3.05, 3.63) is 36.0 Å². The number of anilines is 1. The highest BCUT2D eigenvalue weighted by Gasteiger charge is 2.14. The molecule has 1 amide bonds. The van der Waals surface area contributed by atoms with Crippen molar-refractivity contribution in [2.24, 2.45) is 11.7 Å². The molecule has 2 aromatic rings. The Morgan fingerprint density at radius 3 is 2.75 bits per heavy atom. The van der Waals surface area contributed by atoms with E-state index in [1.807, 2.05) is 51.1 Å². The minimum Gasteiger partial charge on any atom is -0.327 e. The van der Waals surface area contributed by atoms with Gasteiger partial charge in [-0.15, -0.1) is 0 Å². The lowest BCUT2D eigenvalue weighted by atomic mass is 10.0. The van der Waals surface area contributed by atoms with Crippen molar-refractivity contribution in [1.29, 1.82) is 0 Å². The Balaban J connectivity index is 2.21. The number of nitrogens with two attached hydrogens (primary N) is 1. The summed E-state index contributed by atoms with van der Waals surface area (Å²) < 4.78 is 0. The number of para-hydroxylation sites is 1. The maximum absolute atomic E-state index is 12.0. The average molecular weight is 271 g/mol. The number of aryl methyl sites for hydroxylation is 1. The zero-order valence-corrected chi connectivity index (χ0v) is 12.2. The number of rotatable bonds is 4. The molecule has 20 heavy (non-hydrogen) atoms. The van der Waals surface area contributed by atoms with Gasteiger partial charge in [-0.05, 0) is 25.0 Å². The van der Waals surface area contributed by atoms with Gasteiger partial charge in [0.15, 0.2) is 0 Å². The van der Waals surface area contributed by atoms with Crippen LogP contribution in [0.4, 0.5) is 5.69 Å². The molecule has 1 heterocycles. The van der Waals surface area contributed by atoms with Crippen LogP contribution in [0, 0.1) is 12.8 Å². The lowest BCUT2D eigenvalue weighted by Gasteiger charge is -2.15. The Labute approximate surface area is 119 Å². The minimum atomic E-state index is -0.125. The van der Waals surface area contributed by atoms with Gasteiger partial charge in [-0.2, -0.15) is 0 Å². The highest BCUT2D eigenvalue weighted by atomic mass is 16.1. The number of carbonyl (C=O) groups excluding carboxylic acids is 1. The van der Waals surface area contributed by atoms with Crippen LogP contribution in [0.15, 0.2) is 30.3 Å². The third-order valence-electron chi connectivity index (χ3n) is 3.41. The number of amides is 1. The van der Waals surface area contributed by atoms with Crippen LogP contribution >= 0.6 is 0 Å². The molecule has 0 radical (unpaired) electrons. The third kappa shape index (κ3) is 3.33. The molecule has 106 valence electrons. The summed E-state index contributed by atoms with van der Waals surface area (Å²) in [5.41, 5.74) is 8.42. The average Bonchev–Trinajstić information content (AvgIpc) is 2.39. The minimum absolute atomic E-state index is 0.0676. The van der Waals surface area contributed by atoms with Gasteiger partial charge < -0.3 is 11.1 Å². The van der Waals surface area contributed by atoms with Crippen LogP contribution in [-0.4, -0.2) is 16.9 Å². The van der Waals surface area contributed by atoms with E-state index in [1.54, 1.807) is 0 Å². The lowest BCUT2D eigenvalue weighted by molar-refractivity contribution is -0.116. The number of fused-ring (bicyclic) bond motifs is 1. The van der Waals surface area contributed by atoms with Gasteiger partial charge in [-0.3, -0.25) is 9.78 Å². The second-order valence-corrected chi connectivity index (χ2v) is 5.49. The fourth-order valence-electron chi connectivity index (χ4n) is 2.00. The maximum Gasteiger partial charge on any atom is 0.226 e. The number of hydrogen-bond donors (Lipinski definition) is 2. The Kier molecular flexibility index (Phi) is 4.35. The van der Waals surface area contributed by atoms with Gasteiger partial charge >= 0.3 is 0 Å². The van der Waals surface area contributed by atoms with Gasteiger partial charge in [0.05, 0.1) is 11.2 Å². The molecule has 0 bridgehead atoms. The predicted octanol–water partition coefficient (Wildman–Crippen LogP) is 2.86. The number of pyridine rings is 1. The smallest absolute Gasteiger partial charge is 0.226 e. The molecule has 1 unspecified atom stereocenters. The molecule has 0 spiro atoms. The molecular formula is C16H21N3O. The third-order valence-corrected chi connectivity index (χ3v) is 3.41. The SMILES string of the molecule is Cc1ccc2cccc(NC(=O)CC(N)C(C)C)c2n1. The van der Waals surface area contributed by atoms with Gasteiger partial charge in [0.2, 0.25) is 5.91 Å². The van der Waals surface area contributed by atoms with Crippen LogP contribution in [-0.2, 0) is 4.79 Å². The van der Waals surface area contributed by atoms with Crippen molar-refractivity contribution in [2.75, 3.05) is 5.32 Å². The summed E-state index contributed by atoms with van der Waals surface area (Å²) in [5.74, 6) is 0.218. The van der Waals surface area contributed by atoms with E-state index in [9.17, 15) is 4.79 Å². The molecule has 0 saturated heterocycles. The van der Waals surface area contributed by atoms with Gasteiger partial charge in [-0.1, -0.05) is 32.0 Å². The lowest BCUT2D eigenvalue weighted by Crippen LogP contribution is -2.31. The number of benzene rings is 1. The molecular weight excluding hydrogens is 250 g/mol. The molecule has 3 N–H and O–H groups in total. The van der Waals surface area contributed by atoms with Crippen molar-refractivity contribution >= 4 is 22.5 Å². The maximum atomic E-state index is 12.0. The van der Waals surface area contributed by atoms with Crippen molar-refractivity contribution < 1.29 is 4.79 Å². The zero-order valence-electron chi connectivity index (χ0n) is 12.2. The highest BCUT2D eigenvalue weighted by Crippen LogP contribution is 2.22. The molecule has 4 heteroatoms. The second kappa shape index (κ2) is 6.01. The number of aromatic nitrogens is 1. The van der Waals surface area contributed by atoms with E-state index < -0.39 is 0 Å². The predicted molar refractivity (Wildman–Crippen MR) is 82.5 cm³/mol. The van der Waals surface area contributed by atoms with Gasteiger partial charge in [0.1, 0.15) is 0 Å². The van der Waals surface area contributed by atoms with E-state index in [1.165, 1.54) is 0 Å². The molecule has 0 aliphatic carbocycles. The largest absolute Gasteiger partial charge is 0.327 e. The van der Waals surface area contributed by atoms with E-state index in [4.69, 9.17) is 5.73 Å². The van der Waals surface area contributed by atoms with E-state index >= 15 is 0 Å². The summed E-state index contributed by atoms with van der Waals surface area (Å²) >= 11 is 0. The highest BCUT2D eigenvalue weighted by molar-refractivity contribution is 6.00. The number of carbonyl (C=O) groups is 1. The van der Waals surface area contributed by atoms with E-state index in [2.05, 4.69) is 10.3 Å². The molecule has 0 saturated carbocycles. The van der Waals surface area contributed by atoms with Gasteiger partial charge in [0, 0.05) is 23.5 Å². The Morgan fingerprint density at radius 2 is 2.05 bits per heavy atom. The van der Waals surface area contributed by atoms with E-state index in [0.717, 1.165) is 22.3 Å². The van der Waals surface area contributed by atoms with Crippen LogP contribution in [0.3, 0.4) is 0 Å². The van der Waals surface area contributed by atoms with Gasteiger partial charge in [0.25, 0.3) is 0 Å². The molecule has 4 nitrogen and oxygen atoms in total. The fourth-order valence-corrected chi connectivity index (χ4v) is 2.00. The molecule has 1 aromatic carbocycles. The number of hydrogen-bond acceptors (Lipinski definition) is 3. The first-order valence-corrected chi connectivity index (χ1v) is 6.89. The van der Waals surface area contributed by atoms with Crippen LogP contribution in [0.5, 0.6) is 0 Å². The van der Waals surface area contributed by atoms with Crippen molar-refractivity contribution in [1.82, 2.24) is 4.98 Å². The Morgan fingerprint density at radius 1 is 1.30 bits per heavy atom. The summed E-state index contributed by atoms with van der Waals surface area (Å²) in [6.07, 6.45) is 0.319. The quantitative estimate of drug-likeness (QED) is 0.898.